The van der Waals surface area contributed by atoms with Crippen LogP contribution in [0.5, 0.6) is 11.5 Å². The number of H-pyrrole nitrogens is 1. The smallest absolute Gasteiger partial charge is 0.235 e. The van der Waals surface area contributed by atoms with Crippen molar-refractivity contribution in [1.82, 2.24) is 4.98 Å². The number of para-hydroxylation sites is 1. The van der Waals surface area contributed by atoms with Crippen molar-refractivity contribution in [3.63, 3.8) is 0 Å². The molecule has 34 heavy (non-hydrogen) atoms. The van der Waals surface area contributed by atoms with Crippen LogP contribution in [-0.4, -0.2) is 24.5 Å². The molecule has 170 valence electrons. The highest BCUT2D eigenvalue weighted by molar-refractivity contribution is 6.32. The fraction of sp³-hybridized carbons (Fsp3) is 0.111. The van der Waals surface area contributed by atoms with E-state index in [4.69, 9.17) is 25.5 Å². The summed E-state index contributed by atoms with van der Waals surface area (Å²) < 4.78 is 17.2. The lowest BCUT2D eigenvalue weighted by Crippen LogP contribution is -2.17. The number of carbonyl (C=O) groups is 1. The Morgan fingerprint density at radius 3 is 2.59 bits per heavy atom. The number of fused-ring (bicyclic) bond motifs is 2. The zero-order valence-electron chi connectivity index (χ0n) is 18.5. The van der Waals surface area contributed by atoms with Crippen LogP contribution in [-0.2, 0) is 0 Å². The Kier molecular flexibility index (Phi) is 5.59. The van der Waals surface area contributed by atoms with E-state index in [2.05, 4.69) is 4.98 Å². The number of hydrogen-bond donors (Lipinski definition) is 1. The SMILES string of the molecule is COc1ccc(-c2oc3cc(C)c(Cl)cc3c(=O)c2OCC(=O)c2c[nH]c3ccccc23)cc1. The molecule has 0 bridgehead atoms. The number of rotatable bonds is 6. The molecule has 0 spiro atoms. The van der Waals surface area contributed by atoms with Crippen molar-refractivity contribution in [3.8, 4) is 22.8 Å². The van der Waals surface area contributed by atoms with Gasteiger partial charge in [0.25, 0.3) is 0 Å². The van der Waals surface area contributed by atoms with Crippen LogP contribution in [0.3, 0.4) is 0 Å². The van der Waals surface area contributed by atoms with E-state index >= 15 is 0 Å². The van der Waals surface area contributed by atoms with Crippen molar-refractivity contribution in [2.45, 2.75) is 6.92 Å². The molecular weight excluding hydrogens is 454 g/mol. The van der Waals surface area contributed by atoms with E-state index in [-0.39, 0.29) is 29.3 Å². The third kappa shape index (κ3) is 3.82. The number of halogens is 1. The standard InChI is InChI=1S/C27H20ClNO5/c1-15-11-24-19(12-21(15)28)25(31)27(26(34-24)16-7-9-17(32-2)10-8-16)33-14-23(30)20-13-29-22-6-4-3-5-18(20)22/h3-13,29H,14H2,1-2H3. The van der Waals surface area contributed by atoms with Gasteiger partial charge in [0.1, 0.15) is 11.3 Å². The zero-order chi connectivity index (χ0) is 23.8. The first-order valence-electron chi connectivity index (χ1n) is 10.6. The molecule has 0 fully saturated rings. The van der Waals surface area contributed by atoms with Crippen LogP contribution in [0.2, 0.25) is 5.02 Å². The maximum atomic E-state index is 13.4. The summed E-state index contributed by atoms with van der Waals surface area (Å²) in [4.78, 5) is 29.5. The van der Waals surface area contributed by atoms with Gasteiger partial charge in [0.2, 0.25) is 17.0 Å². The third-order valence-corrected chi connectivity index (χ3v) is 6.13. The third-order valence-electron chi connectivity index (χ3n) is 5.72. The molecule has 0 aliphatic carbocycles. The van der Waals surface area contributed by atoms with Gasteiger partial charge >= 0.3 is 0 Å². The lowest BCUT2D eigenvalue weighted by atomic mass is 10.1. The van der Waals surface area contributed by atoms with Crippen LogP contribution < -0.4 is 14.9 Å². The van der Waals surface area contributed by atoms with Gasteiger partial charge in [-0.15, -0.1) is 0 Å². The van der Waals surface area contributed by atoms with E-state index in [1.807, 2.05) is 31.2 Å². The predicted octanol–water partition coefficient (Wildman–Crippen LogP) is 6.17. The zero-order valence-corrected chi connectivity index (χ0v) is 19.2. The second kappa shape index (κ2) is 8.72. The molecule has 5 aromatic rings. The first-order valence-corrected chi connectivity index (χ1v) is 11.0. The highest BCUT2D eigenvalue weighted by atomic mass is 35.5. The molecule has 0 saturated carbocycles. The van der Waals surface area contributed by atoms with E-state index in [0.29, 0.717) is 27.5 Å². The second-order valence-corrected chi connectivity index (χ2v) is 8.28. The Balaban J connectivity index is 1.59. The summed E-state index contributed by atoms with van der Waals surface area (Å²) in [7, 11) is 1.57. The summed E-state index contributed by atoms with van der Waals surface area (Å²) in [6.45, 7) is 1.50. The van der Waals surface area contributed by atoms with Crippen molar-refractivity contribution < 1.29 is 18.7 Å². The minimum atomic E-state index is -0.402. The first-order chi connectivity index (χ1) is 16.5. The summed E-state index contributed by atoms with van der Waals surface area (Å²) >= 11 is 6.26. The molecule has 0 aliphatic rings. The lowest BCUT2D eigenvalue weighted by molar-refractivity contribution is 0.0922. The molecule has 5 rings (SSSR count). The highest BCUT2D eigenvalue weighted by Crippen LogP contribution is 2.33. The largest absolute Gasteiger partial charge is 0.497 e. The summed E-state index contributed by atoms with van der Waals surface area (Å²) in [5.74, 6) is 0.574. The molecule has 0 aliphatic heterocycles. The summed E-state index contributed by atoms with van der Waals surface area (Å²) in [5.41, 5.74) is 2.71. The predicted molar refractivity (Wildman–Crippen MR) is 132 cm³/mol. The van der Waals surface area contributed by atoms with Gasteiger partial charge < -0.3 is 18.9 Å². The highest BCUT2D eigenvalue weighted by Gasteiger charge is 2.21. The number of methoxy groups -OCH3 is 1. The average molecular weight is 474 g/mol. The number of Topliss-reactive ketones (excluding diaryl/α,β-unsaturated/α-hetero) is 1. The molecule has 2 heterocycles. The van der Waals surface area contributed by atoms with Crippen molar-refractivity contribution in [1.29, 1.82) is 0 Å². The Hall–Kier alpha value is -4.03. The number of ether oxygens (including phenoxy) is 2. The molecule has 0 saturated heterocycles. The van der Waals surface area contributed by atoms with E-state index in [9.17, 15) is 9.59 Å². The minimum absolute atomic E-state index is 0.0502. The van der Waals surface area contributed by atoms with Crippen molar-refractivity contribution in [2.75, 3.05) is 13.7 Å². The van der Waals surface area contributed by atoms with Crippen LogP contribution in [0.1, 0.15) is 15.9 Å². The van der Waals surface area contributed by atoms with E-state index in [0.717, 1.165) is 16.5 Å². The van der Waals surface area contributed by atoms with Crippen LogP contribution in [0.25, 0.3) is 33.2 Å². The topological polar surface area (TPSA) is 81.5 Å². The van der Waals surface area contributed by atoms with Crippen molar-refractivity contribution in [3.05, 3.63) is 93.2 Å². The minimum Gasteiger partial charge on any atom is -0.497 e. The summed E-state index contributed by atoms with van der Waals surface area (Å²) in [6.07, 6.45) is 1.65. The van der Waals surface area contributed by atoms with E-state index in [1.165, 1.54) is 0 Å². The van der Waals surface area contributed by atoms with Crippen LogP contribution in [0.15, 0.2) is 76.1 Å². The number of aromatic amines is 1. The van der Waals surface area contributed by atoms with Gasteiger partial charge in [0, 0.05) is 33.2 Å². The van der Waals surface area contributed by atoms with E-state index < -0.39 is 5.43 Å². The Morgan fingerprint density at radius 1 is 1.06 bits per heavy atom. The van der Waals surface area contributed by atoms with E-state index in [1.54, 1.807) is 49.7 Å². The maximum Gasteiger partial charge on any atom is 0.235 e. The molecule has 7 heteroatoms. The molecular formula is C27H20ClNO5. The van der Waals surface area contributed by atoms with Gasteiger partial charge in [-0.25, -0.2) is 0 Å². The molecule has 1 N–H and O–H groups in total. The number of aromatic nitrogens is 1. The van der Waals surface area contributed by atoms with Gasteiger partial charge in [0.05, 0.1) is 12.5 Å². The van der Waals surface area contributed by atoms with Crippen LogP contribution in [0, 0.1) is 6.92 Å². The maximum absolute atomic E-state index is 13.4. The summed E-state index contributed by atoms with van der Waals surface area (Å²) in [6, 6.07) is 17.8. The monoisotopic (exact) mass is 473 g/mol. The van der Waals surface area contributed by atoms with Gasteiger partial charge in [0.15, 0.2) is 12.4 Å². The number of aryl methyl sites for hydroxylation is 1. The molecule has 3 aromatic carbocycles. The lowest BCUT2D eigenvalue weighted by Gasteiger charge is -2.12. The van der Waals surface area contributed by atoms with Gasteiger partial charge in [-0.3, -0.25) is 9.59 Å². The number of ketones is 1. The van der Waals surface area contributed by atoms with Crippen LogP contribution in [0.4, 0.5) is 0 Å². The Labute approximate surface area is 199 Å². The Morgan fingerprint density at radius 2 is 1.82 bits per heavy atom. The fourth-order valence-electron chi connectivity index (χ4n) is 3.88. The number of nitrogens with one attached hydrogen (secondary N) is 1. The van der Waals surface area contributed by atoms with Crippen molar-refractivity contribution >= 4 is 39.3 Å². The van der Waals surface area contributed by atoms with Gasteiger partial charge in [-0.2, -0.15) is 0 Å². The second-order valence-electron chi connectivity index (χ2n) is 7.88. The quantitative estimate of drug-likeness (QED) is 0.298. The fourth-order valence-corrected chi connectivity index (χ4v) is 4.04. The van der Waals surface area contributed by atoms with Crippen LogP contribution >= 0.6 is 11.6 Å². The summed E-state index contributed by atoms with van der Waals surface area (Å²) in [5, 5.41) is 1.51. The average Bonchev–Trinajstić information content (AvgIpc) is 3.29. The van der Waals surface area contributed by atoms with Crippen molar-refractivity contribution in [2.24, 2.45) is 0 Å². The number of hydrogen-bond acceptors (Lipinski definition) is 5. The molecule has 2 aromatic heterocycles. The van der Waals surface area contributed by atoms with Gasteiger partial charge in [-0.05, 0) is 55.0 Å². The Bertz CT molecular complexity index is 1600. The molecule has 0 radical (unpaired) electrons. The molecule has 0 unspecified atom stereocenters. The normalized spacial score (nSPS) is 11.1. The number of benzene rings is 3. The molecule has 0 atom stereocenters. The first kappa shape index (κ1) is 21.8. The molecule has 0 amide bonds. The number of carbonyl (C=O) groups excluding carboxylic acids is 1. The molecule has 6 nitrogen and oxygen atoms in total. The van der Waals surface area contributed by atoms with Gasteiger partial charge in [-0.1, -0.05) is 29.8 Å².